The molecule has 1 aliphatic heterocycles. The summed E-state index contributed by atoms with van der Waals surface area (Å²) in [6, 6.07) is 13.0. The third-order valence-electron chi connectivity index (χ3n) is 4.05. The van der Waals surface area contributed by atoms with Crippen LogP contribution >= 0.6 is 0 Å². The van der Waals surface area contributed by atoms with E-state index in [1.54, 1.807) is 12.1 Å². The lowest BCUT2D eigenvalue weighted by atomic mass is 10.1. The molecule has 1 heterocycles. The molecule has 1 aliphatic rings. The zero-order valence-corrected chi connectivity index (χ0v) is 12.7. The number of nitrogens with one attached hydrogen (secondary N) is 2. The predicted molar refractivity (Wildman–Crippen MR) is 84.7 cm³/mol. The molecule has 0 aliphatic carbocycles. The second-order valence-corrected chi connectivity index (χ2v) is 7.26. The molecule has 2 aromatic rings. The van der Waals surface area contributed by atoms with Crippen molar-refractivity contribution in [2.75, 3.05) is 19.6 Å². The van der Waals surface area contributed by atoms with Crippen LogP contribution in [0.5, 0.6) is 0 Å². The fourth-order valence-electron chi connectivity index (χ4n) is 2.87. The molecule has 3 rings (SSSR count). The van der Waals surface area contributed by atoms with E-state index >= 15 is 0 Å². The molecule has 4 nitrogen and oxygen atoms in total. The fourth-order valence-corrected chi connectivity index (χ4v) is 4.14. The number of hydrogen-bond acceptors (Lipinski definition) is 3. The third kappa shape index (κ3) is 3.26. The van der Waals surface area contributed by atoms with Crippen LogP contribution in [0, 0.1) is 5.92 Å². The van der Waals surface area contributed by atoms with Crippen molar-refractivity contribution >= 4 is 20.8 Å². The fraction of sp³-hybridized carbons (Fsp3) is 0.375. The van der Waals surface area contributed by atoms with Gasteiger partial charge in [0, 0.05) is 11.9 Å². The normalized spacial score (nSPS) is 19.1. The zero-order valence-electron chi connectivity index (χ0n) is 11.9. The smallest absolute Gasteiger partial charge is 0.241 e. The first kappa shape index (κ1) is 14.5. The highest BCUT2D eigenvalue weighted by molar-refractivity contribution is 7.89. The molecular formula is C16H20N2O2S. The molecule has 1 unspecified atom stereocenters. The average molecular weight is 304 g/mol. The lowest BCUT2D eigenvalue weighted by molar-refractivity contribution is 0.519. The second-order valence-electron chi connectivity index (χ2n) is 5.52. The second kappa shape index (κ2) is 6.13. The maximum absolute atomic E-state index is 12.5. The number of sulfonamides is 1. The van der Waals surface area contributed by atoms with Crippen molar-refractivity contribution in [1.29, 1.82) is 0 Å². The standard InChI is InChI=1S/C16H20N2O2S/c19-21(20,18-11-9-13-8-10-17-12-13)16-7-3-5-14-4-1-2-6-15(14)16/h1-7,13,17-18H,8-12H2. The Labute approximate surface area is 125 Å². The minimum absolute atomic E-state index is 0.366. The van der Waals surface area contributed by atoms with E-state index in [0.717, 1.165) is 36.7 Å². The first-order valence-corrected chi connectivity index (χ1v) is 8.83. The summed E-state index contributed by atoms with van der Waals surface area (Å²) in [7, 11) is -3.45. The predicted octanol–water partition coefficient (Wildman–Crippen LogP) is 2.12. The number of rotatable bonds is 5. The van der Waals surface area contributed by atoms with Crippen molar-refractivity contribution in [2.45, 2.75) is 17.7 Å². The molecule has 1 atom stereocenters. The Bertz CT molecular complexity index is 717. The van der Waals surface area contributed by atoms with Crippen molar-refractivity contribution in [2.24, 2.45) is 5.92 Å². The van der Waals surface area contributed by atoms with Gasteiger partial charge >= 0.3 is 0 Å². The summed E-state index contributed by atoms with van der Waals surface area (Å²) in [6.07, 6.45) is 2.02. The highest BCUT2D eigenvalue weighted by atomic mass is 32.2. The van der Waals surface area contributed by atoms with Crippen LogP contribution in [0.25, 0.3) is 10.8 Å². The van der Waals surface area contributed by atoms with E-state index < -0.39 is 10.0 Å². The molecule has 2 aromatic carbocycles. The monoisotopic (exact) mass is 304 g/mol. The van der Waals surface area contributed by atoms with Gasteiger partial charge < -0.3 is 5.32 Å². The summed E-state index contributed by atoms with van der Waals surface area (Å²) < 4.78 is 27.7. The Morgan fingerprint density at radius 1 is 1.14 bits per heavy atom. The van der Waals surface area contributed by atoms with Crippen molar-refractivity contribution in [3.63, 3.8) is 0 Å². The quantitative estimate of drug-likeness (QED) is 0.889. The van der Waals surface area contributed by atoms with Crippen molar-refractivity contribution in [3.05, 3.63) is 42.5 Å². The lowest BCUT2D eigenvalue weighted by Gasteiger charge is -2.11. The summed E-state index contributed by atoms with van der Waals surface area (Å²) in [6.45, 7) is 2.54. The van der Waals surface area contributed by atoms with Gasteiger partial charge in [0.15, 0.2) is 0 Å². The molecular weight excluding hydrogens is 284 g/mol. The Hall–Kier alpha value is -1.43. The summed E-state index contributed by atoms with van der Waals surface area (Å²) >= 11 is 0. The van der Waals surface area contributed by atoms with E-state index in [0.29, 0.717) is 17.4 Å². The van der Waals surface area contributed by atoms with Crippen LogP contribution in [0.15, 0.2) is 47.4 Å². The third-order valence-corrected chi connectivity index (χ3v) is 5.57. The van der Waals surface area contributed by atoms with Gasteiger partial charge in [-0.2, -0.15) is 0 Å². The van der Waals surface area contributed by atoms with Crippen LogP contribution in [-0.4, -0.2) is 28.1 Å². The molecule has 0 amide bonds. The average Bonchev–Trinajstić information content (AvgIpc) is 3.00. The summed E-state index contributed by atoms with van der Waals surface area (Å²) in [4.78, 5) is 0.366. The van der Waals surface area contributed by atoms with Crippen molar-refractivity contribution in [1.82, 2.24) is 10.0 Å². The molecule has 0 spiro atoms. The Kier molecular flexibility index (Phi) is 4.24. The molecule has 1 saturated heterocycles. The first-order chi connectivity index (χ1) is 10.2. The van der Waals surface area contributed by atoms with E-state index in [1.165, 1.54) is 0 Å². The van der Waals surface area contributed by atoms with Gasteiger partial charge in [0.25, 0.3) is 0 Å². The van der Waals surface area contributed by atoms with Crippen LogP contribution in [-0.2, 0) is 10.0 Å². The van der Waals surface area contributed by atoms with Gasteiger partial charge in [-0.3, -0.25) is 0 Å². The van der Waals surface area contributed by atoms with Gasteiger partial charge in [0.2, 0.25) is 10.0 Å². The molecule has 112 valence electrons. The van der Waals surface area contributed by atoms with Crippen LogP contribution < -0.4 is 10.0 Å². The van der Waals surface area contributed by atoms with E-state index in [9.17, 15) is 8.42 Å². The molecule has 0 saturated carbocycles. The largest absolute Gasteiger partial charge is 0.316 e. The molecule has 1 fully saturated rings. The van der Waals surface area contributed by atoms with E-state index in [2.05, 4.69) is 10.0 Å². The van der Waals surface area contributed by atoms with E-state index in [4.69, 9.17) is 0 Å². The van der Waals surface area contributed by atoms with Gasteiger partial charge in [-0.05, 0) is 43.3 Å². The van der Waals surface area contributed by atoms with Crippen LogP contribution in [0.3, 0.4) is 0 Å². The van der Waals surface area contributed by atoms with Crippen LogP contribution in [0.1, 0.15) is 12.8 Å². The van der Waals surface area contributed by atoms with Gasteiger partial charge in [-0.15, -0.1) is 0 Å². The molecule has 0 aromatic heterocycles. The first-order valence-electron chi connectivity index (χ1n) is 7.35. The molecule has 0 radical (unpaired) electrons. The van der Waals surface area contributed by atoms with E-state index in [-0.39, 0.29) is 0 Å². The maximum Gasteiger partial charge on any atom is 0.241 e. The van der Waals surface area contributed by atoms with Crippen molar-refractivity contribution < 1.29 is 8.42 Å². The van der Waals surface area contributed by atoms with Crippen LogP contribution in [0.4, 0.5) is 0 Å². The highest BCUT2D eigenvalue weighted by Crippen LogP contribution is 2.22. The number of hydrogen-bond donors (Lipinski definition) is 2. The molecule has 0 bridgehead atoms. The number of fused-ring (bicyclic) bond motifs is 1. The topological polar surface area (TPSA) is 58.2 Å². The lowest BCUT2D eigenvalue weighted by Crippen LogP contribution is -2.26. The minimum Gasteiger partial charge on any atom is -0.316 e. The van der Waals surface area contributed by atoms with E-state index in [1.807, 2.05) is 30.3 Å². The summed E-state index contributed by atoms with van der Waals surface area (Å²) in [5, 5.41) is 5.02. The maximum atomic E-state index is 12.5. The Balaban J connectivity index is 1.76. The highest BCUT2D eigenvalue weighted by Gasteiger charge is 2.19. The van der Waals surface area contributed by atoms with Gasteiger partial charge in [0.05, 0.1) is 4.90 Å². The summed E-state index contributed by atoms with van der Waals surface area (Å²) in [5.41, 5.74) is 0. The number of benzene rings is 2. The zero-order chi connectivity index (χ0) is 14.7. The SMILES string of the molecule is O=S(=O)(NCCC1CCNC1)c1cccc2ccccc12. The Morgan fingerprint density at radius 3 is 2.76 bits per heavy atom. The molecule has 2 N–H and O–H groups in total. The Morgan fingerprint density at radius 2 is 1.95 bits per heavy atom. The minimum atomic E-state index is -3.45. The van der Waals surface area contributed by atoms with Gasteiger partial charge in [-0.1, -0.05) is 36.4 Å². The molecule has 21 heavy (non-hydrogen) atoms. The van der Waals surface area contributed by atoms with Crippen molar-refractivity contribution in [3.8, 4) is 0 Å². The summed E-state index contributed by atoms with van der Waals surface area (Å²) in [5.74, 6) is 0.584. The van der Waals surface area contributed by atoms with Crippen LogP contribution in [0.2, 0.25) is 0 Å². The van der Waals surface area contributed by atoms with Gasteiger partial charge in [0.1, 0.15) is 0 Å². The van der Waals surface area contributed by atoms with Gasteiger partial charge in [-0.25, -0.2) is 13.1 Å². The molecule has 5 heteroatoms.